The molecular formula is C20H26ClNO2. The molecule has 0 spiro atoms. The molecule has 0 aromatic heterocycles. The first-order chi connectivity index (χ1) is 11.5. The minimum Gasteiger partial charge on any atom is -0.493 e. The second-order valence-electron chi connectivity index (χ2n) is 6.04. The highest BCUT2D eigenvalue weighted by Gasteiger charge is 2.17. The number of ether oxygens (including phenoxy) is 2. The molecule has 4 heteroatoms. The largest absolute Gasteiger partial charge is 0.493 e. The Morgan fingerprint density at radius 1 is 1.17 bits per heavy atom. The third-order valence-corrected chi connectivity index (χ3v) is 4.50. The van der Waals surface area contributed by atoms with E-state index in [-0.39, 0.29) is 5.92 Å². The molecule has 0 aliphatic rings. The summed E-state index contributed by atoms with van der Waals surface area (Å²) in [5.74, 6) is 1.50. The quantitative estimate of drug-likeness (QED) is 0.792. The molecule has 0 fully saturated rings. The van der Waals surface area contributed by atoms with E-state index in [1.807, 2.05) is 19.1 Å². The van der Waals surface area contributed by atoms with Crippen molar-refractivity contribution in [2.45, 2.75) is 33.1 Å². The molecule has 2 aromatic carbocycles. The summed E-state index contributed by atoms with van der Waals surface area (Å²) in [7, 11) is 1.63. The van der Waals surface area contributed by atoms with Gasteiger partial charge in [0.2, 0.25) is 0 Å². The average Bonchev–Trinajstić information content (AvgIpc) is 2.57. The van der Waals surface area contributed by atoms with Crippen molar-refractivity contribution in [3.8, 4) is 11.5 Å². The predicted molar refractivity (Wildman–Crippen MR) is 101 cm³/mol. The van der Waals surface area contributed by atoms with Gasteiger partial charge in [0.25, 0.3) is 0 Å². The summed E-state index contributed by atoms with van der Waals surface area (Å²) in [4.78, 5) is 0. The SMILES string of the molecule is CCOc1c(Cl)cc(CC(CN)c2cc(C)ccc2C)cc1OC. The fraction of sp³-hybridized carbons (Fsp3) is 0.400. The Labute approximate surface area is 149 Å². The van der Waals surface area contributed by atoms with Crippen molar-refractivity contribution in [3.63, 3.8) is 0 Å². The van der Waals surface area contributed by atoms with Gasteiger partial charge in [-0.1, -0.05) is 35.4 Å². The molecule has 24 heavy (non-hydrogen) atoms. The highest BCUT2D eigenvalue weighted by Crippen LogP contribution is 2.37. The second-order valence-corrected chi connectivity index (χ2v) is 6.45. The van der Waals surface area contributed by atoms with Crippen LogP contribution in [-0.4, -0.2) is 20.3 Å². The second kappa shape index (κ2) is 8.41. The minimum atomic E-state index is 0.239. The van der Waals surface area contributed by atoms with Gasteiger partial charge >= 0.3 is 0 Å². The Kier molecular flexibility index (Phi) is 6.52. The summed E-state index contributed by atoms with van der Waals surface area (Å²) in [5, 5.41) is 0.572. The number of benzene rings is 2. The topological polar surface area (TPSA) is 44.5 Å². The average molecular weight is 348 g/mol. The molecule has 2 rings (SSSR count). The molecule has 2 aromatic rings. The first-order valence-corrected chi connectivity index (χ1v) is 8.64. The normalized spacial score (nSPS) is 12.1. The van der Waals surface area contributed by atoms with Crippen molar-refractivity contribution in [2.75, 3.05) is 20.3 Å². The molecule has 2 N–H and O–H groups in total. The number of rotatable bonds is 7. The Balaban J connectivity index is 2.34. The van der Waals surface area contributed by atoms with Gasteiger partial charge in [0.15, 0.2) is 11.5 Å². The van der Waals surface area contributed by atoms with E-state index in [1.165, 1.54) is 16.7 Å². The van der Waals surface area contributed by atoms with Crippen molar-refractivity contribution in [2.24, 2.45) is 5.73 Å². The lowest BCUT2D eigenvalue weighted by atomic mass is 9.88. The van der Waals surface area contributed by atoms with Gasteiger partial charge in [-0.05, 0) is 62.6 Å². The van der Waals surface area contributed by atoms with Crippen molar-refractivity contribution < 1.29 is 9.47 Å². The Hall–Kier alpha value is -1.71. The monoisotopic (exact) mass is 347 g/mol. The van der Waals surface area contributed by atoms with Crippen LogP contribution < -0.4 is 15.2 Å². The van der Waals surface area contributed by atoms with Gasteiger partial charge in [-0.3, -0.25) is 0 Å². The predicted octanol–water partition coefficient (Wildman–Crippen LogP) is 4.65. The van der Waals surface area contributed by atoms with Crippen LogP contribution in [-0.2, 0) is 6.42 Å². The standard InChI is InChI=1S/C20H26ClNO2/c1-5-24-20-18(21)10-15(11-19(20)23-4)9-16(12-22)17-8-13(2)6-7-14(17)3/h6-8,10-11,16H,5,9,12,22H2,1-4H3. The van der Waals surface area contributed by atoms with E-state index in [0.29, 0.717) is 29.7 Å². The number of methoxy groups -OCH3 is 1. The van der Waals surface area contributed by atoms with Crippen molar-refractivity contribution >= 4 is 11.6 Å². The summed E-state index contributed by atoms with van der Waals surface area (Å²) < 4.78 is 11.0. The first kappa shape index (κ1) is 18.6. The molecule has 1 atom stereocenters. The number of hydrogen-bond donors (Lipinski definition) is 1. The third kappa shape index (κ3) is 4.22. The van der Waals surface area contributed by atoms with Crippen LogP contribution in [0.2, 0.25) is 5.02 Å². The maximum atomic E-state index is 6.38. The summed E-state index contributed by atoms with van der Waals surface area (Å²) in [5.41, 5.74) is 11.0. The highest BCUT2D eigenvalue weighted by molar-refractivity contribution is 6.32. The van der Waals surface area contributed by atoms with Crippen LogP contribution in [0.5, 0.6) is 11.5 Å². The van der Waals surface area contributed by atoms with Gasteiger partial charge in [-0.2, -0.15) is 0 Å². The number of aryl methyl sites for hydroxylation is 2. The van der Waals surface area contributed by atoms with E-state index >= 15 is 0 Å². The highest BCUT2D eigenvalue weighted by atomic mass is 35.5. The fourth-order valence-corrected chi connectivity index (χ4v) is 3.27. The number of nitrogens with two attached hydrogens (primary N) is 1. The molecule has 0 saturated carbocycles. The van der Waals surface area contributed by atoms with Crippen molar-refractivity contribution in [3.05, 3.63) is 57.6 Å². The molecule has 130 valence electrons. The van der Waals surface area contributed by atoms with Crippen LogP contribution in [0.3, 0.4) is 0 Å². The third-order valence-electron chi connectivity index (χ3n) is 4.22. The zero-order valence-corrected chi connectivity index (χ0v) is 15.6. The molecular weight excluding hydrogens is 322 g/mol. The van der Waals surface area contributed by atoms with Gasteiger partial charge in [0.1, 0.15) is 0 Å². The van der Waals surface area contributed by atoms with Gasteiger partial charge < -0.3 is 15.2 Å². The Morgan fingerprint density at radius 2 is 1.92 bits per heavy atom. The first-order valence-electron chi connectivity index (χ1n) is 8.26. The van der Waals surface area contributed by atoms with Crippen molar-refractivity contribution in [1.29, 1.82) is 0 Å². The van der Waals surface area contributed by atoms with Crippen LogP contribution in [0.25, 0.3) is 0 Å². The van der Waals surface area contributed by atoms with Gasteiger partial charge in [-0.25, -0.2) is 0 Å². The van der Waals surface area contributed by atoms with Crippen LogP contribution in [0, 0.1) is 13.8 Å². The van der Waals surface area contributed by atoms with Crippen LogP contribution in [0.15, 0.2) is 30.3 Å². The van der Waals surface area contributed by atoms with Crippen LogP contribution in [0.1, 0.15) is 35.1 Å². The van der Waals surface area contributed by atoms with Gasteiger partial charge in [0.05, 0.1) is 18.7 Å². The zero-order chi connectivity index (χ0) is 17.7. The molecule has 0 radical (unpaired) electrons. The number of halogens is 1. The summed E-state index contributed by atoms with van der Waals surface area (Å²) in [6.07, 6.45) is 0.809. The zero-order valence-electron chi connectivity index (χ0n) is 14.9. The van der Waals surface area contributed by atoms with E-state index < -0.39 is 0 Å². The molecule has 0 aliphatic carbocycles. The molecule has 3 nitrogen and oxygen atoms in total. The van der Waals surface area contributed by atoms with E-state index in [1.54, 1.807) is 7.11 Å². The van der Waals surface area contributed by atoms with E-state index in [9.17, 15) is 0 Å². The maximum Gasteiger partial charge on any atom is 0.179 e. The van der Waals surface area contributed by atoms with Crippen molar-refractivity contribution in [1.82, 2.24) is 0 Å². The van der Waals surface area contributed by atoms with E-state index in [2.05, 4.69) is 32.0 Å². The smallest absolute Gasteiger partial charge is 0.179 e. The summed E-state index contributed by atoms with van der Waals surface area (Å²) >= 11 is 6.38. The molecule has 1 unspecified atom stereocenters. The van der Waals surface area contributed by atoms with E-state index in [0.717, 1.165) is 12.0 Å². The molecule has 0 bridgehead atoms. The molecule has 0 aliphatic heterocycles. The van der Waals surface area contributed by atoms with Gasteiger partial charge in [-0.15, -0.1) is 0 Å². The molecule has 0 heterocycles. The lowest BCUT2D eigenvalue weighted by Crippen LogP contribution is -2.16. The van der Waals surface area contributed by atoms with Gasteiger partial charge in [0, 0.05) is 5.92 Å². The Bertz CT molecular complexity index is 700. The molecule has 0 amide bonds. The van der Waals surface area contributed by atoms with Crippen LogP contribution >= 0.6 is 11.6 Å². The minimum absolute atomic E-state index is 0.239. The lowest BCUT2D eigenvalue weighted by molar-refractivity contribution is 0.311. The molecule has 0 saturated heterocycles. The Morgan fingerprint density at radius 3 is 2.54 bits per heavy atom. The summed E-state index contributed by atoms with van der Waals surface area (Å²) in [6.45, 7) is 7.28. The van der Waals surface area contributed by atoms with E-state index in [4.69, 9.17) is 26.8 Å². The maximum absolute atomic E-state index is 6.38. The lowest BCUT2D eigenvalue weighted by Gasteiger charge is -2.20. The fourth-order valence-electron chi connectivity index (χ4n) is 2.98. The summed E-state index contributed by atoms with van der Waals surface area (Å²) in [6, 6.07) is 10.4. The number of hydrogen-bond acceptors (Lipinski definition) is 3. The van der Waals surface area contributed by atoms with Crippen LogP contribution in [0.4, 0.5) is 0 Å².